The number of nitrogens with one attached hydrogen (secondary N) is 1. The zero-order valence-electron chi connectivity index (χ0n) is 14.5. The summed E-state index contributed by atoms with van der Waals surface area (Å²) in [6.07, 6.45) is 4.24. The predicted molar refractivity (Wildman–Crippen MR) is 95.5 cm³/mol. The maximum atomic E-state index is 12.9. The SMILES string of the molecule is Cc1ccc(NC(=O)CN2C(=O)N(C)C3(CCCCC3)C2=O)c(Cl)c1. The van der Waals surface area contributed by atoms with Crippen LogP contribution in [0.4, 0.5) is 10.5 Å². The summed E-state index contributed by atoms with van der Waals surface area (Å²) < 4.78 is 0. The van der Waals surface area contributed by atoms with Crippen LogP contribution < -0.4 is 5.32 Å². The van der Waals surface area contributed by atoms with Crippen LogP contribution in [0.15, 0.2) is 18.2 Å². The lowest BCUT2D eigenvalue weighted by molar-refractivity contribution is -0.136. The lowest BCUT2D eigenvalue weighted by Gasteiger charge is -2.35. The van der Waals surface area contributed by atoms with Crippen molar-refractivity contribution >= 4 is 35.1 Å². The first-order valence-corrected chi connectivity index (χ1v) is 8.89. The Bertz CT molecular complexity index is 728. The number of likely N-dealkylation sites (N-methyl/N-ethyl adjacent to an activating group) is 1. The van der Waals surface area contributed by atoms with Gasteiger partial charge in [0, 0.05) is 7.05 Å². The molecule has 1 spiro atoms. The van der Waals surface area contributed by atoms with E-state index in [-0.39, 0.29) is 12.5 Å². The van der Waals surface area contributed by atoms with Gasteiger partial charge in [-0.05, 0) is 37.5 Å². The summed E-state index contributed by atoms with van der Waals surface area (Å²) in [6, 6.07) is 4.88. The number of urea groups is 1. The molecule has 2 fully saturated rings. The highest BCUT2D eigenvalue weighted by molar-refractivity contribution is 6.33. The van der Waals surface area contributed by atoms with Gasteiger partial charge in [-0.25, -0.2) is 4.79 Å². The monoisotopic (exact) mass is 363 g/mol. The first kappa shape index (κ1) is 17.7. The Morgan fingerprint density at radius 1 is 1.24 bits per heavy atom. The Balaban J connectivity index is 1.72. The smallest absolute Gasteiger partial charge is 0.323 e. The standard InChI is InChI=1S/C18H22ClN3O3/c1-12-6-7-14(13(19)10-12)20-15(23)11-22-16(24)18(21(2)17(22)25)8-4-3-5-9-18/h6-7,10H,3-5,8-9,11H2,1-2H3,(H,20,23). The van der Waals surface area contributed by atoms with Crippen molar-refractivity contribution in [2.75, 3.05) is 18.9 Å². The summed E-state index contributed by atoms with van der Waals surface area (Å²) in [5.74, 6) is -0.696. The lowest BCUT2D eigenvalue weighted by Crippen LogP contribution is -2.49. The fraction of sp³-hybridized carbons (Fsp3) is 0.500. The van der Waals surface area contributed by atoms with Crippen molar-refractivity contribution in [1.82, 2.24) is 9.80 Å². The number of aryl methyl sites for hydroxylation is 1. The van der Waals surface area contributed by atoms with Crippen LogP contribution in [0.25, 0.3) is 0 Å². The van der Waals surface area contributed by atoms with Gasteiger partial charge in [0.15, 0.2) is 0 Å². The number of hydrogen-bond acceptors (Lipinski definition) is 3. The van der Waals surface area contributed by atoms with Crippen LogP contribution in [-0.2, 0) is 9.59 Å². The van der Waals surface area contributed by atoms with Crippen molar-refractivity contribution < 1.29 is 14.4 Å². The van der Waals surface area contributed by atoms with E-state index in [9.17, 15) is 14.4 Å². The van der Waals surface area contributed by atoms with Crippen LogP contribution in [-0.4, -0.2) is 46.8 Å². The number of imide groups is 1. The molecule has 0 aromatic heterocycles. The molecule has 3 rings (SSSR count). The molecule has 1 aromatic carbocycles. The van der Waals surface area contributed by atoms with Crippen molar-refractivity contribution in [2.24, 2.45) is 0 Å². The summed E-state index contributed by atoms with van der Waals surface area (Å²) in [4.78, 5) is 40.3. The molecule has 134 valence electrons. The maximum Gasteiger partial charge on any atom is 0.327 e. The Hall–Kier alpha value is -2.08. The van der Waals surface area contributed by atoms with E-state index in [1.165, 1.54) is 4.90 Å². The minimum absolute atomic E-state index is 0.259. The molecular formula is C18H22ClN3O3. The number of halogens is 1. The molecule has 6 nitrogen and oxygen atoms in total. The van der Waals surface area contributed by atoms with Gasteiger partial charge in [0.25, 0.3) is 5.91 Å². The fourth-order valence-corrected chi connectivity index (χ4v) is 4.01. The predicted octanol–water partition coefficient (Wildman–Crippen LogP) is 3.18. The van der Waals surface area contributed by atoms with Gasteiger partial charge in [0.05, 0.1) is 10.7 Å². The molecule has 0 atom stereocenters. The quantitative estimate of drug-likeness (QED) is 0.838. The molecule has 1 aliphatic carbocycles. The van der Waals surface area contributed by atoms with Crippen LogP contribution in [0.2, 0.25) is 5.02 Å². The van der Waals surface area contributed by atoms with Crippen LogP contribution >= 0.6 is 11.6 Å². The number of carbonyl (C=O) groups is 3. The maximum absolute atomic E-state index is 12.9. The molecule has 1 heterocycles. The molecule has 7 heteroatoms. The average molecular weight is 364 g/mol. The minimum atomic E-state index is -0.767. The van der Waals surface area contributed by atoms with E-state index in [0.717, 1.165) is 29.7 Å². The van der Waals surface area contributed by atoms with E-state index >= 15 is 0 Å². The largest absolute Gasteiger partial charge is 0.327 e. The lowest BCUT2D eigenvalue weighted by atomic mass is 9.81. The Kier molecular flexibility index (Phi) is 4.73. The number of nitrogens with zero attached hydrogens (tertiary/aromatic N) is 2. The van der Waals surface area contributed by atoms with Gasteiger partial charge in [0.1, 0.15) is 12.1 Å². The van der Waals surface area contributed by atoms with E-state index in [4.69, 9.17) is 11.6 Å². The third kappa shape index (κ3) is 3.11. The van der Waals surface area contributed by atoms with Gasteiger partial charge in [-0.3, -0.25) is 14.5 Å². The summed E-state index contributed by atoms with van der Waals surface area (Å²) in [7, 11) is 1.65. The molecule has 0 radical (unpaired) electrons. The summed E-state index contributed by atoms with van der Waals surface area (Å²) in [5.41, 5.74) is 0.683. The van der Waals surface area contributed by atoms with Crippen molar-refractivity contribution in [3.05, 3.63) is 28.8 Å². The molecule has 0 bridgehead atoms. The van der Waals surface area contributed by atoms with Crippen molar-refractivity contribution in [1.29, 1.82) is 0 Å². The second-order valence-electron chi connectivity index (χ2n) is 6.86. The first-order valence-electron chi connectivity index (χ1n) is 8.51. The molecular weight excluding hydrogens is 342 g/mol. The number of benzene rings is 1. The van der Waals surface area contributed by atoms with Crippen molar-refractivity contribution in [3.63, 3.8) is 0 Å². The van der Waals surface area contributed by atoms with Crippen LogP contribution in [0, 0.1) is 6.92 Å². The number of carbonyl (C=O) groups excluding carboxylic acids is 3. The number of rotatable bonds is 3. The number of amides is 4. The van der Waals surface area contributed by atoms with Gasteiger partial charge in [-0.15, -0.1) is 0 Å². The molecule has 1 saturated carbocycles. The molecule has 1 N–H and O–H groups in total. The molecule has 1 saturated heterocycles. The van der Waals surface area contributed by atoms with E-state index in [0.29, 0.717) is 23.6 Å². The fourth-order valence-electron chi connectivity index (χ4n) is 3.73. The third-order valence-corrected chi connectivity index (χ3v) is 5.50. The van der Waals surface area contributed by atoms with Crippen LogP contribution in [0.5, 0.6) is 0 Å². The topological polar surface area (TPSA) is 69.7 Å². The summed E-state index contributed by atoms with van der Waals surface area (Å²) in [6.45, 7) is 1.60. The zero-order valence-corrected chi connectivity index (χ0v) is 15.2. The van der Waals surface area contributed by atoms with E-state index in [1.807, 2.05) is 13.0 Å². The van der Waals surface area contributed by atoms with E-state index < -0.39 is 17.5 Å². The van der Waals surface area contributed by atoms with Gasteiger partial charge in [0.2, 0.25) is 5.91 Å². The summed E-state index contributed by atoms with van der Waals surface area (Å²) >= 11 is 6.12. The molecule has 2 aliphatic rings. The Morgan fingerprint density at radius 2 is 1.92 bits per heavy atom. The Labute approximate surface area is 152 Å². The van der Waals surface area contributed by atoms with Gasteiger partial charge >= 0.3 is 6.03 Å². The highest BCUT2D eigenvalue weighted by Crippen LogP contribution is 2.39. The van der Waals surface area contributed by atoms with Gasteiger partial charge in [-0.1, -0.05) is 36.9 Å². The first-order chi connectivity index (χ1) is 11.8. The molecule has 1 aliphatic heterocycles. The van der Waals surface area contributed by atoms with Crippen molar-refractivity contribution in [3.8, 4) is 0 Å². The zero-order chi connectivity index (χ0) is 18.2. The molecule has 1 aromatic rings. The summed E-state index contributed by atoms with van der Waals surface area (Å²) in [5, 5.41) is 3.10. The Morgan fingerprint density at radius 3 is 2.56 bits per heavy atom. The highest BCUT2D eigenvalue weighted by Gasteiger charge is 2.55. The van der Waals surface area contributed by atoms with Gasteiger partial charge in [-0.2, -0.15) is 0 Å². The normalized spacial score (nSPS) is 19.6. The second kappa shape index (κ2) is 6.67. The van der Waals surface area contributed by atoms with E-state index in [2.05, 4.69) is 5.32 Å². The molecule has 4 amide bonds. The third-order valence-electron chi connectivity index (χ3n) is 5.18. The number of anilines is 1. The second-order valence-corrected chi connectivity index (χ2v) is 7.26. The van der Waals surface area contributed by atoms with Crippen LogP contribution in [0.3, 0.4) is 0 Å². The molecule has 25 heavy (non-hydrogen) atoms. The van der Waals surface area contributed by atoms with E-state index in [1.54, 1.807) is 19.2 Å². The average Bonchev–Trinajstić information content (AvgIpc) is 2.75. The minimum Gasteiger partial charge on any atom is -0.323 e. The number of hydrogen-bond donors (Lipinski definition) is 1. The van der Waals surface area contributed by atoms with Gasteiger partial charge < -0.3 is 10.2 Å². The molecule has 0 unspecified atom stereocenters. The van der Waals surface area contributed by atoms with Crippen LogP contribution in [0.1, 0.15) is 37.7 Å². The highest BCUT2D eigenvalue weighted by atomic mass is 35.5. The van der Waals surface area contributed by atoms with Crippen molar-refractivity contribution in [2.45, 2.75) is 44.6 Å².